The van der Waals surface area contributed by atoms with Crippen molar-refractivity contribution in [2.24, 2.45) is 0 Å². The number of hydrogen-bond acceptors (Lipinski definition) is 2. The van der Waals surface area contributed by atoms with E-state index >= 15 is 0 Å². The topological polar surface area (TPSA) is 46.3 Å². The van der Waals surface area contributed by atoms with Crippen LogP contribution in [0.2, 0.25) is 0 Å². The van der Waals surface area contributed by atoms with Gasteiger partial charge in [0.05, 0.1) is 5.56 Å². The van der Waals surface area contributed by atoms with Crippen LogP contribution in [0.5, 0.6) is 0 Å². The molecule has 21 heavy (non-hydrogen) atoms. The predicted molar refractivity (Wildman–Crippen MR) is 82.5 cm³/mol. The third-order valence-corrected chi connectivity index (χ3v) is 3.43. The molecule has 0 atom stereocenters. The number of nitrogens with two attached hydrogens (primary N) is 1. The number of benzene rings is 2. The SMILES string of the molecule is CCN(CCc1ccccc1)C(=O)c1ccc(F)cc1N. The van der Waals surface area contributed by atoms with Crippen LogP contribution in [-0.2, 0) is 6.42 Å². The van der Waals surface area contributed by atoms with Crippen molar-refractivity contribution < 1.29 is 9.18 Å². The van der Waals surface area contributed by atoms with Crippen molar-refractivity contribution in [3.8, 4) is 0 Å². The number of rotatable bonds is 5. The van der Waals surface area contributed by atoms with Crippen molar-refractivity contribution in [3.63, 3.8) is 0 Å². The van der Waals surface area contributed by atoms with Gasteiger partial charge >= 0.3 is 0 Å². The summed E-state index contributed by atoms with van der Waals surface area (Å²) in [5, 5.41) is 0. The van der Waals surface area contributed by atoms with Crippen LogP contribution in [0.15, 0.2) is 48.5 Å². The summed E-state index contributed by atoms with van der Waals surface area (Å²) >= 11 is 0. The van der Waals surface area contributed by atoms with Gasteiger partial charge in [0.2, 0.25) is 0 Å². The van der Waals surface area contributed by atoms with Gasteiger partial charge in [0.1, 0.15) is 5.82 Å². The van der Waals surface area contributed by atoms with E-state index in [1.807, 2.05) is 37.3 Å². The van der Waals surface area contributed by atoms with Gasteiger partial charge < -0.3 is 10.6 Å². The molecule has 2 aromatic carbocycles. The van der Waals surface area contributed by atoms with Crippen molar-refractivity contribution >= 4 is 11.6 Å². The fourth-order valence-corrected chi connectivity index (χ4v) is 2.21. The summed E-state index contributed by atoms with van der Waals surface area (Å²) in [6.07, 6.45) is 0.779. The van der Waals surface area contributed by atoms with Crippen LogP contribution in [0.1, 0.15) is 22.8 Å². The molecule has 0 fully saturated rings. The van der Waals surface area contributed by atoms with E-state index < -0.39 is 5.82 Å². The van der Waals surface area contributed by atoms with Crippen LogP contribution >= 0.6 is 0 Å². The number of halogens is 1. The zero-order valence-corrected chi connectivity index (χ0v) is 12.1. The van der Waals surface area contributed by atoms with Gasteiger partial charge in [-0.1, -0.05) is 30.3 Å². The number of carbonyl (C=O) groups is 1. The lowest BCUT2D eigenvalue weighted by atomic mass is 10.1. The highest BCUT2D eigenvalue weighted by Gasteiger charge is 2.16. The van der Waals surface area contributed by atoms with E-state index in [4.69, 9.17) is 5.73 Å². The second kappa shape index (κ2) is 6.88. The summed E-state index contributed by atoms with van der Waals surface area (Å²) < 4.78 is 13.1. The Morgan fingerprint density at radius 2 is 1.90 bits per heavy atom. The predicted octanol–water partition coefficient (Wildman–Crippen LogP) is 3.11. The minimum absolute atomic E-state index is 0.161. The van der Waals surface area contributed by atoms with Crippen molar-refractivity contribution in [1.82, 2.24) is 4.90 Å². The van der Waals surface area contributed by atoms with Crippen molar-refractivity contribution in [3.05, 3.63) is 65.5 Å². The third kappa shape index (κ3) is 3.81. The molecule has 0 aliphatic carbocycles. The summed E-state index contributed by atoms with van der Waals surface area (Å²) in [5.74, 6) is -0.595. The molecule has 3 nitrogen and oxygen atoms in total. The third-order valence-electron chi connectivity index (χ3n) is 3.43. The van der Waals surface area contributed by atoms with E-state index in [9.17, 15) is 9.18 Å². The molecule has 0 unspecified atom stereocenters. The quantitative estimate of drug-likeness (QED) is 0.858. The van der Waals surface area contributed by atoms with E-state index in [1.54, 1.807) is 4.90 Å². The highest BCUT2D eigenvalue weighted by molar-refractivity contribution is 5.99. The molecule has 0 bridgehead atoms. The largest absolute Gasteiger partial charge is 0.398 e. The van der Waals surface area contributed by atoms with E-state index in [0.717, 1.165) is 6.42 Å². The number of likely N-dealkylation sites (N-methyl/N-ethyl adjacent to an activating group) is 1. The molecule has 4 heteroatoms. The summed E-state index contributed by atoms with van der Waals surface area (Å²) in [6, 6.07) is 13.9. The van der Waals surface area contributed by atoms with Crippen molar-refractivity contribution in [1.29, 1.82) is 0 Å². The first-order valence-electron chi connectivity index (χ1n) is 7.00. The van der Waals surface area contributed by atoms with E-state index in [1.165, 1.54) is 23.8 Å². The molecule has 1 amide bonds. The van der Waals surface area contributed by atoms with Gasteiger partial charge in [0.25, 0.3) is 5.91 Å². The monoisotopic (exact) mass is 286 g/mol. The maximum atomic E-state index is 13.1. The lowest BCUT2D eigenvalue weighted by molar-refractivity contribution is 0.0767. The van der Waals surface area contributed by atoms with Crippen LogP contribution < -0.4 is 5.73 Å². The Morgan fingerprint density at radius 1 is 1.19 bits per heavy atom. The molecule has 0 heterocycles. The Morgan fingerprint density at radius 3 is 2.52 bits per heavy atom. The fraction of sp³-hybridized carbons (Fsp3) is 0.235. The molecule has 0 saturated heterocycles. The van der Waals surface area contributed by atoms with Gasteiger partial charge in [-0.15, -0.1) is 0 Å². The van der Waals surface area contributed by atoms with Crippen LogP contribution in [-0.4, -0.2) is 23.9 Å². The molecule has 0 saturated carbocycles. The van der Waals surface area contributed by atoms with E-state index in [-0.39, 0.29) is 11.6 Å². The fourth-order valence-electron chi connectivity index (χ4n) is 2.21. The minimum Gasteiger partial charge on any atom is -0.398 e. The Balaban J connectivity index is 2.08. The molecule has 0 aliphatic rings. The number of nitrogens with zero attached hydrogens (tertiary/aromatic N) is 1. The van der Waals surface area contributed by atoms with E-state index in [2.05, 4.69) is 0 Å². The molecule has 110 valence electrons. The zero-order valence-electron chi connectivity index (χ0n) is 12.1. The average molecular weight is 286 g/mol. The Hall–Kier alpha value is -2.36. The molecule has 0 radical (unpaired) electrons. The molecular weight excluding hydrogens is 267 g/mol. The molecule has 0 aliphatic heterocycles. The molecule has 2 N–H and O–H groups in total. The molecule has 2 aromatic rings. The highest BCUT2D eigenvalue weighted by Crippen LogP contribution is 2.16. The number of carbonyl (C=O) groups excluding carboxylic acids is 1. The average Bonchev–Trinajstić information content (AvgIpc) is 2.48. The maximum Gasteiger partial charge on any atom is 0.255 e. The Kier molecular flexibility index (Phi) is 4.93. The lowest BCUT2D eigenvalue weighted by Gasteiger charge is -2.21. The lowest BCUT2D eigenvalue weighted by Crippen LogP contribution is -2.33. The molecule has 0 spiro atoms. The Bertz CT molecular complexity index is 613. The standard InChI is InChI=1S/C17H19FN2O/c1-2-20(11-10-13-6-4-3-5-7-13)17(21)15-9-8-14(18)12-16(15)19/h3-9,12H,2,10-11,19H2,1H3. The zero-order chi connectivity index (χ0) is 15.2. The van der Waals surface area contributed by atoms with Gasteiger partial charge in [0.15, 0.2) is 0 Å². The first-order chi connectivity index (χ1) is 10.1. The first kappa shape index (κ1) is 15.0. The molecule has 2 rings (SSSR count). The second-order valence-corrected chi connectivity index (χ2v) is 4.85. The first-order valence-corrected chi connectivity index (χ1v) is 7.00. The number of amides is 1. The number of nitrogen functional groups attached to an aromatic ring is 1. The minimum atomic E-state index is -0.434. The van der Waals surface area contributed by atoms with Gasteiger partial charge in [0, 0.05) is 18.8 Å². The molecule has 0 aromatic heterocycles. The Labute approximate surface area is 124 Å². The summed E-state index contributed by atoms with van der Waals surface area (Å²) in [5.41, 5.74) is 7.44. The highest BCUT2D eigenvalue weighted by atomic mass is 19.1. The van der Waals surface area contributed by atoms with Crippen LogP contribution in [0, 0.1) is 5.82 Å². The maximum absolute atomic E-state index is 13.1. The van der Waals surface area contributed by atoms with Gasteiger partial charge in [-0.2, -0.15) is 0 Å². The normalized spacial score (nSPS) is 10.4. The van der Waals surface area contributed by atoms with Crippen LogP contribution in [0.3, 0.4) is 0 Å². The summed E-state index contributed by atoms with van der Waals surface area (Å²) in [4.78, 5) is 14.2. The van der Waals surface area contributed by atoms with Crippen molar-refractivity contribution in [2.45, 2.75) is 13.3 Å². The van der Waals surface area contributed by atoms with Gasteiger partial charge in [-0.25, -0.2) is 4.39 Å². The van der Waals surface area contributed by atoms with Gasteiger partial charge in [-0.3, -0.25) is 4.79 Å². The van der Waals surface area contributed by atoms with Gasteiger partial charge in [-0.05, 0) is 37.1 Å². The number of anilines is 1. The number of hydrogen-bond donors (Lipinski definition) is 1. The van der Waals surface area contributed by atoms with Crippen LogP contribution in [0.4, 0.5) is 10.1 Å². The molecular formula is C17H19FN2O. The smallest absolute Gasteiger partial charge is 0.255 e. The summed E-state index contributed by atoms with van der Waals surface area (Å²) in [7, 11) is 0. The second-order valence-electron chi connectivity index (χ2n) is 4.85. The van der Waals surface area contributed by atoms with Crippen molar-refractivity contribution in [2.75, 3.05) is 18.8 Å². The van der Waals surface area contributed by atoms with E-state index in [0.29, 0.717) is 18.7 Å². The van der Waals surface area contributed by atoms with Crippen LogP contribution in [0.25, 0.3) is 0 Å². The summed E-state index contributed by atoms with van der Waals surface area (Å²) in [6.45, 7) is 3.11.